The molecule has 0 atom stereocenters. The number of hydrogen-bond donors (Lipinski definition) is 1. The van der Waals surface area contributed by atoms with Crippen molar-refractivity contribution in [2.24, 2.45) is 0 Å². The van der Waals surface area contributed by atoms with Gasteiger partial charge in [0.1, 0.15) is 28.8 Å². The molecule has 1 heterocycles. The molecule has 0 radical (unpaired) electrons. The van der Waals surface area contributed by atoms with Crippen LogP contribution >= 0.6 is 12.6 Å². The minimum Gasteiger partial charge on any atom is -0.244 e. The van der Waals surface area contributed by atoms with E-state index >= 15 is 0 Å². The molecule has 0 bridgehead atoms. The van der Waals surface area contributed by atoms with Crippen molar-refractivity contribution in [3.8, 4) is 11.1 Å². The number of benzene rings is 1. The lowest BCUT2D eigenvalue weighted by Gasteiger charge is -2.06. The van der Waals surface area contributed by atoms with Crippen LogP contribution in [0.5, 0.6) is 0 Å². The highest BCUT2D eigenvalue weighted by molar-refractivity contribution is 7.80. The normalized spacial score (nSPS) is 10.5. The Morgan fingerprint density at radius 3 is 2.25 bits per heavy atom. The first-order valence-corrected chi connectivity index (χ1v) is 4.68. The summed E-state index contributed by atoms with van der Waals surface area (Å²) in [6.07, 6.45) is 2.42. The fourth-order valence-corrected chi connectivity index (χ4v) is 1.52. The van der Waals surface area contributed by atoms with E-state index in [2.05, 4.69) is 22.6 Å². The Balaban J connectivity index is 2.70. The molecule has 2 rings (SSSR count). The lowest BCUT2D eigenvalue weighted by Crippen LogP contribution is -1.95. The lowest BCUT2D eigenvalue weighted by atomic mass is 10.1. The van der Waals surface area contributed by atoms with Gasteiger partial charge in [-0.25, -0.2) is 23.1 Å². The fraction of sp³-hybridized carbons (Fsp3) is 0. The molecule has 0 fully saturated rings. The number of nitrogens with zero attached hydrogens (tertiary/aromatic N) is 2. The standard InChI is InChI=1S/C10H5F3N2S/c11-5-1-7(12)9(8(13)2-5)6-3-14-4-15-10(6)16/h1-4H,(H,14,15,16). The largest absolute Gasteiger partial charge is 0.244 e. The number of halogens is 3. The van der Waals surface area contributed by atoms with E-state index in [0.29, 0.717) is 12.1 Å². The van der Waals surface area contributed by atoms with E-state index in [1.807, 2.05) is 0 Å². The van der Waals surface area contributed by atoms with E-state index in [-0.39, 0.29) is 16.2 Å². The van der Waals surface area contributed by atoms with E-state index in [1.54, 1.807) is 0 Å². The first kappa shape index (κ1) is 10.9. The number of hydrogen-bond acceptors (Lipinski definition) is 3. The van der Waals surface area contributed by atoms with Gasteiger partial charge in [0.05, 0.1) is 5.56 Å². The molecule has 1 aromatic carbocycles. The van der Waals surface area contributed by atoms with Crippen LogP contribution in [-0.4, -0.2) is 9.97 Å². The summed E-state index contributed by atoms with van der Waals surface area (Å²) in [7, 11) is 0. The summed E-state index contributed by atoms with van der Waals surface area (Å²) in [5.74, 6) is -3.00. The van der Waals surface area contributed by atoms with Gasteiger partial charge in [-0.2, -0.15) is 0 Å². The molecule has 0 unspecified atom stereocenters. The monoisotopic (exact) mass is 242 g/mol. The van der Waals surface area contributed by atoms with Gasteiger partial charge in [-0.3, -0.25) is 0 Å². The minimum atomic E-state index is -1.01. The van der Waals surface area contributed by atoms with Gasteiger partial charge in [0.25, 0.3) is 0 Å². The molecular weight excluding hydrogens is 237 g/mol. The lowest BCUT2D eigenvalue weighted by molar-refractivity contribution is 0.547. The molecular formula is C10H5F3N2S. The van der Waals surface area contributed by atoms with E-state index in [9.17, 15) is 13.2 Å². The number of rotatable bonds is 1. The van der Waals surface area contributed by atoms with Crippen molar-refractivity contribution in [3.63, 3.8) is 0 Å². The maximum Gasteiger partial charge on any atom is 0.137 e. The maximum atomic E-state index is 13.4. The summed E-state index contributed by atoms with van der Waals surface area (Å²) >= 11 is 3.95. The van der Waals surface area contributed by atoms with E-state index in [4.69, 9.17) is 0 Å². The first-order valence-electron chi connectivity index (χ1n) is 4.23. The second-order valence-electron chi connectivity index (χ2n) is 3.00. The Bertz CT molecular complexity index is 522. The van der Waals surface area contributed by atoms with Gasteiger partial charge in [0, 0.05) is 23.9 Å². The summed E-state index contributed by atoms with van der Waals surface area (Å²) in [5.41, 5.74) is -0.298. The van der Waals surface area contributed by atoms with E-state index < -0.39 is 17.5 Å². The predicted octanol–water partition coefficient (Wildman–Crippen LogP) is 2.85. The molecule has 1 aromatic heterocycles. The molecule has 2 aromatic rings. The molecule has 0 N–H and O–H groups in total. The maximum absolute atomic E-state index is 13.4. The third kappa shape index (κ3) is 1.88. The summed E-state index contributed by atoms with van der Waals surface area (Å²) in [6.45, 7) is 0. The summed E-state index contributed by atoms with van der Waals surface area (Å²) < 4.78 is 39.5. The predicted molar refractivity (Wildman–Crippen MR) is 54.6 cm³/mol. The van der Waals surface area contributed by atoms with Crippen molar-refractivity contribution in [3.05, 3.63) is 42.1 Å². The number of aromatic nitrogens is 2. The topological polar surface area (TPSA) is 25.8 Å². The summed E-state index contributed by atoms with van der Waals surface area (Å²) in [4.78, 5) is 7.33. The van der Waals surface area contributed by atoms with Crippen LogP contribution in [0.2, 0.25) is 0 Å². The molecule has 0 saturated heterocycles. The molecule has 0 aliphatic carbocycles. The van der Waals surface area contributed by atoms with Gasteiger partial charge in [0.2, 0.25) is 0 Å². The van der Waals surface area contributed by atoms with Crippen LogP contribution in [0.4, 0.5) is 13.2 Å². The first-order chi connectivity index (χ1) is 7.59. The molecule has 6 heteroatoms. The quantitative estimate of drug-likeness (QED) is 0.614. The zero-order chi connectivity index (χ0) is 11.7. The average Bonchev–Trinajstić information content (AvgIpc) is 2.19. The van der Waals surface area contributed by atoms with Crippen LogP contribution in [0.1, 0.15) is 0 Å². The Morgan fingerprint density at radius 2 is 1.69 bits per heavy atom. The van der Waals surface area contributed by atoms with Gasteiger partial charge in [-0.1, -0.05) is 0 Å². The van der Waals surface area contributed by atoms with E-state index in [0.717, 1.165) is 0 Å². The molecule has 0 aliphatic rings. The molecule has 0 aliphatic heterocycles. The third-order valence-electron chi connectivity index (χ3n) is 1.97. The SMILES string of the molecule is Fc1cc(F)c(-c2cncnc2S)c(F)c1. The molecule has 0 amide bonds. The van der Waals surface area contributed by atoms with Gasteiger partial charge < -0.3 is 0 Å². The summed E-state index contributed by atoms with van der Waals surface area (Å²) in [5, 5.41) is 0.124. The van der Waals surface area contributed by atoms with Crippen LogP contribution < -0.4 is 0 Å². The number of thiol groups is 1. The highest BCUT2D eigenvalue weighted by Crippen LogP contribution is 2.29. The van der Waals surface area contributed by atoms with Crippen molar-refractivity contribution in [1.82, 2.24) is 9.97 Å². The molecule has 82 valence electrons. The molecule has 2 nitrogen and oxygen atoms in total. The van der Waals surface area contributed by atoms with Crippen LogP contribution in [0.25, 0.3) is 11.1 Å². The molecule has 0 saturated carbocycles. The zero-order valence-corrected chi connectivity index (χ0v) is 8.68. The Morgan fingerprint density at radius 1 is 1.06 bits per heavy atom. The zero-order valence-electron chi connectivity index (χ0n) is 7.78. The average molecular weight is 242 g/mol. The van der Waals surface area contributed by atoms with Crippen molar-refractivity contribution >= 4 is 12.6 Å². The van der Waals surface area contributed by atoms with Crippen molar-refractivity contribution in [2.75, 3.05) is 0 Å². The smallest absolute Gasteiger partial charge is 0.137 e. The van der Waals surface area contributed by atoms with Crippen LogP contribution in [0.3, 0.4) is 0 Å². The second kappa shape index (κ2) is 4.13. The third-order valence-corrected chi connectivity index (χ3v) is 2.32. The van der Waals surface area contributed by atoms with Gasteiger partial charge in [-0.05, 0) is 0 Å². The van der Waals surface area contributed by atoms with Gasteiger partial charge in [-0.15, -0.1) is 12.6 Å². The van der Waals surface area contributed by atoms with Crippen LogP contribution in [-0.2, 0) is 0 Å². The van der Waals surface area contributed by atoms with E-state index in [1.165, 1.54) is 12.5 Å². The van der Waals surface area contributed by atoms with Crippen LogP contribution in [0.15, 0.2) is 29.7 Å². The second-order valence-corrected chi connectivity index (χ2v) is 3.43. The highest BCUT2D eigenvalue weighted by atomic mass is 32.1. The fourth-order valence-electron chi connectivity index (χ4n) is 1.30. The molecule has 16 heavy (non-hydrogen) atoms. The van der Waals surface area contributed by atoms with Crippen molar-refractivity contribution in [1.29, 1.82) is 0 Å². The Labute approximate surface area is 94.6 Å². The van der Waals surface area contributed by atoms with Gasteiger partial charge >= 0.3 is 0 Å². The Hall–Kier alpha value is -1.56. The molecule has 0 spiro atoms. The summed E-state index contributed by atoms with van der Waals surface area (Å²) in [6, 6.07) is 1.19. The van der Waals surface area contributed by atoms with Crippen LogP contribution in [0, 0.1) is 17.5 Å². The minimum absolute atomic E-state index is 0.0841. The van der Waals surface area contributed by atoms with Crippen molar-refractivity contribution < 1.29 is 13.2 Å². The Kier molecular flexibility index (Phi) is 2.82. The van der Waals surface area contributed by atoms with Gasteiger partial charge in [0.15, 0.2) is 0 Å². The highest BCUT2D eigenvalue weighted by Gasteiger charge is 2.16. The van der Waals surface area contributed by atoms with Crippen molar-refractivity contribution in [2.45, 2.75) is 5.03 Å².